The molecule has 21 rings (SSSR count). The summed E-state index contributed by atoms with van der Waals surface area (Å²) in [5, 5.41) is 30.2. The third-order valence-electron chi connectivity index (χ3n) is 31.8. The standard InChI is InChI=1S/C37H38FNO3.2C30H34FNO3.C30H32FNO3.CH3FS/c1-40-37(41-2)28-19-21-39(22-20-28)35-18-14-30(24-34(35)38)36-32(27-11-7-4-8-12-27)16-13-29-23-31(15-17-33(29)36)42-25-26-9-5-3-6-10-26;3*1-34-30(35-2)21-14-16-32(17-15-21)28-13-9-23(19-27(28)31)29-25(20-6-4-3-5-7-20)11-8-22-18-24(33)10-12-26(22)29;1-3-2/h3-12,14-15,17-18,23-24,28,37H,13,16,19-22,25H2,1-2H3;2*3-7,9-10,12-13,18-19,21,25,29-30,33H,8,11,14-17H2,1-2H3;3-7,9-10,12-13,18-19,21,30,33H,8,11,14-17H2,1-2H3;1H3/t;2*25-,29+;;/m.10../s1. The van der Waals surface area contributed by atoms with Crippen LogP contribution in [0, 0.1) is 46.9 Å². The maximum atomic E-state index is 15.9. The van der Waals surface area contributed by atoms with Crippen molar-refractivity contribution in [3.8, 4) is 23.0 Å². The van der Waals surface area contributed by atoms with Crippen molar-refractivity contribution in [3.63, 3.8) is 0 Å². The first kappa shape index (κ1) is 109. The van der Waals surface area contributed by atoms with Gasteiger partial charge in [0.1, 0.15) is 52.9 Å². The second-order valence-corrected chi connectivity index (χ2v) is 40.6. The van der Waals surface area contributed by atoms with Crippen molar-refractivity contribution in [3.05, 3.63) is 415 Å². The van der Waals surface area contributed by atoms with E-state index >= 15 is 17.6 Å². The molecule has 0 aromatic heterocycles. The van der Waals surface area contributed by atoms with Gasteiger partial charge in [0.2, 0.25) is 0 Å². The van der Waals surface area contributed by atoms with E-state index in [9.17, 15) is 19.2 Å². The molecule has 22 heteroatoms. The van der Waals surface area contributed by atoms with Crippen LogP contribution >= 0.6 is 12.1 Å². The van der Waals surface area contributed by atoms with Gasteiger partial charge in [0.25, 0.3) is 0 Å². The number of allylic oxidation sites excluding steroid dienone is 2. The van der Waals surface area contributed by atoms with Crippen molar-refractivity contribution in [2.45, 2.75) is 158 Å². The van der Waals surface area contributed by atoms with Crippen molar-refractivity contribution >= 4 is 57.2 Å². The average Bonchev–Trinajstić information content (AvgIpc) is 0.771. The van der Waals surface area contributed by atoms with Crippen LogP contribution in [-0.4, -0.2) is 156 Å². The van der Waals surface area contributed by atoms with Crippen molar-refractivity contribution in [1.82, 2.24) is 0 Å². The molecule has 4 fully saturated rings. The lowest BCUT2D eigenvalue weighted by molar-refractivity contribution is -0.141. The number of aryl methyl sites for hydroxylation is 4. The molecule has 0 saturated carbocycles. The highest BCUT2D eigenvalue weighted by molar-refractivity contribution is 7.93. The number of aromatic hydroxyl groups is 3. The third kappa shape index (κ3) is 25.7. The van der Waals surface area contributed by atoms with Gasteiger partial charge >= 0.3 is 0 Å². The first-order valence-corrected chi connectivity index (χ1v) is 53.9. The lowest BCUT2D eigenvalue weighted by Crippen LogP contribution is -2.39. The number of ether oxygens (including phenoxy) is 9. The zero-order valence-corrected chi connectivity index (χ0v) is 88.3. The highest BCUT2D eigenvalue weighted by Crippen LogP contribution is 2.52. The van der Waals surface area contributed by atoms with E-state index in [1.54, 1.807) is 99.3 Å². The Morgan fingerprint density at radius 1 is 0.293 bits per heavy atom. The molecule has 0 amide bonds. The summed E-state index contributed by atoms with van der Waals surface area (Å²) in [6, 6.07) is 98.1. The molecule has 13 aromatic carbocycles. The topological polar surface area (TPSA) is 157 Å². The van der Waals surface area contributed by atoms with E-state index in [4.69, 9.17) is 42.6 Å². The SMILES string of the molecule is COC(OC)C1CCN(c2ccc(C3=C(c4ccccc4)CCc4cc(O)ccc43)cc2F)CC1.COC(OC)C1CCN(c2ccc(C3=C(c4ccccc4)CCc4cc(OCc5ccccc5)ccc43)cc2F)CC1.COC(OC)C1CCN(c2ccc([C@@H]3c4ccc(O)cc4CC[C@@H]3c3ccccc3)cc2F)CC1.COC(OC)C1CCN(c2ccc([C@H]3c4ccc(O)cc4CC[C@H]3c3ccccc3)cc2F)CC1.CSF. The molecule has 0 bridgehead atoms. The van der Waals surface area contributed by atoms with Crippen LogP contribution in [0.1, 0.15) is 195 Å². The Bertz CT molecular complexity index is 6440. The number of hydrogen-bond donors (Lipinski definition) is 3. The number of halogens is 5. The summed E-state index contributed by atoms with van der Waals surface area (Å²) < 4.78 is 123. The van der Waals surface area contributed by atoms with Crippen LogP contribution in [0.2, 0.25) is 0 Å². The number of hydrogen-bond acceptors (Lipinski definition) is 17. The Hall–Kier alpha value is -12.6. The van der Waals surface area contributed by atoms with Gasteiger partial charge in [-0.3, -0.25) is 0 Å². The highest BCUT2D eigenvalue weighted by atomic mass is 32.2. The third-order valence-corrected chi connectivity index (χ3v) is 31.8. The molecule has 4 aliphatic heterocycles. The second kappa shape index (κ2) is 52.4. The molecule has 4 heterocycles. The Morgan fingerprint density at radius 3 is 0.927 bits per heavy atom. The first-order chi connectivity index (χ1) is 73.3. The number of anilines is 4. The van der Waals surface area contributed by atoms with Crippen molar-refractivity contribution in [2.75, 3.05) is 135 Å². The van der Waals surface area contributed by atoms with Crippen LogP contribution < -0.4 is 24.3 Å². The Kier molecular flexibility index (Phi) is 38.0. The molecule has 0 radical (unpaired) electrons. The van der Waals surface area contributed by atoms with Crippen molar-refractivity contribution in [2.24, 2.45) is 23.7 Å². The van der Waals surface area contributed by atoms with Gasteiger partial charge < -0.3 is 77.6 Å². The monoisotopic (exact) mass is 2050 g/mol. The highest BCUT2D eigenvalue weighted by Gasteiger charge is 2.39. The molecule has 150 heavy (non-hydrogen) atoms. The minimum atomic E-state index is -0.210. The van der Waals surface area contributed by atoms with Crippen LogP contribution in [0.5, 0.6) is 23.0 Å². The Labute approximate surface area is 886 Å². The number of rotatable bonds is 27. The molecule has 0 unspecified atom stereocenters. The number of phenols is 3. The van der Waals surface area contributed by atoms with Gasteiger partial charge in [0, 0.05) is 163 Å². The van der Waals surface area contributed by atoms with E-state index in [-0.39, 0.29) is 101 Å². The molecule has 786 valence electrons. The summed E-state index contributed by atoms with van der Waals surface area (Å²) in [5.74, 6) is 2.84. The quantitative estimate of drug-likeness (QED) is 0.0330. The van der Waals surface area contributed by atoms with Crippen LogP contribution in [0.4, 0.5) is 44.2 Å². The average molecular weight is 2050 g/mol. The van der Waals surface area contributed by atoms with E-state index in [1.807, 2.05) is 127 Å². The normalized spacial score (nSPS) is 18.1. The summed E-state index contributed by atoms with van der Waals surface area (Å²) >= 11 is 0.250. The lowest BCUT2D eigenvalue weighted by Gasteiger charge is -2.37. The summed E-state index contributed by atoms with van der Waals surface area (Å²) in [4.78, 5) is 8.55. The minimum absolute atomic E-state index is 0.0419. The van der Waals surface area contributed by atoms with E-state index in [0.29, 0.717) is 53.0 Å². The summed E-state index contributed by atoms with van der Waals surface area (Å²) in [6.45, 7) is 6.73. The predicted molar refractivity (Wildman–Crippen MR) is 593 cm³/mol. The molecule has 4 atom stereocenters. The van der Waals surface area contributed by atoms with Crippen LogP contribution in [0.15, 0.2) is 297 Å². The van der Waals surface area contributed by atoms with Crippen LogP contribution in [-0.2, 0) is 70.2 Å². The number of methoxy groups -OCH3 is 8. The van der Waals surface area contributed by atoms with Crippen molar-refractivity contribution < 1.29 is 79.4 Å². The van der Waals surface area contributed by atoms with Gasteiger partial charge in [-0.1, -0.05) is 200 Å². The summed E-state index contributed by atoms with van der Waals surface area (Å²) in [5.41, 5.74) is 26.2. The molecular weight excluding hydrogens is 1910 g/mol. The molecule has 13 aromatic rings. The van der Waals surface area contributed by atoms with E-state index < -0.39 is 0 Å². The number of fused-ring (bicyclic) bond motifs is 4. The zero-order chi connectivity index (χ0) is 105. The molecule has 4 aliphatic carbocycles. The minimum Gasteiger partial charge on any atom is -0.508 e. The van der Waals surface area contributed by atoms with E-state index in [1.165, 1.54) is 50.8 Å². The van der Waals surface area contributed by atoms with Gasteiger partial charge in [0.05, 0.1) is 22.7 Å². The van der Waals surface area contributed by atoms with Crippen LogP contribution in [0.3, 0.4) is 0 Å². The zero-order valence-electron chi connectivity index (χ0n) is 87.5. The van der Waals surface area contributed by atoms with Crippen molar-refractivity contribution in [1.29, 1.82) is 0 Å². The summed E-state index contributed by atoms with van der Waals surface area (Å²) in [6.07, 6.45) is 15.0. The lowest BCUT2D eigenvalue weighted by atomic mass is 9.69. The fourth-order valence-corrected chi connectivity index (χ4v) is 24.4. The van der Waals surface area contributed by atoms with E-state index in [0.717, 1.165) is 233 Å². The smallest absolute Gasteiger partial charge is 0.159 e. The maximum absolute atomic E-state index is 15.9. The Morgan fingerprint density at radius 2 is 0.593 bits per heavy atom. The first-order valence-electron chi connectivity index (χ1n) is 52.8. The molecule has 0 spiro atoms. The molecule has 8 aliphatic rings. The fourth-order valence-electron chi connectivity index (χ4n) is 24.4. The molecular formula is C128H141F5N4O12S. The number of benzene rings is 13. The number of piperidine rings is 4. The largest absolute Gasteiger partial charge is 0.508 e. The predicted octanol–water partition coefficient (Wildman–Crippen LogP) is 28.1. The van der Waals surface area contributed by atoms with Crippen LogP contribution in [0.25, 0.3) is 22.3 Å². The molecule has 3 N–H and O–H groups in total. The second-order valence-electron chi connectivity index (χ2n) is 40.3. The molecule has 16 nitrogen and oxygen atoms in total. The van der Waals surface area contributed by atoms with Gasteiger partial charge in [-0.05, 0) is 329 Å². The van der Waals surface area contributed by atoms with Gasteiger partial charge in [0.15, 0.2) is 25.2 Å². The summed E-state index contributed by atoms with van der Waals surface area (Å²) in [7, 11) is 13.4. The Balaban J connectivity index is 0.000000135. The number of phenolic OH excluding ortho intramolecular Hbond substituents is 3. The van der Waals surface area contributed by atoms with E-state index in [2.05, 4.69) is 147 Å². The van der Waals surface area contributed by atoms with Gasteiger partial charge in [-0.25, -0.2) is 17.6 Å². The van der Waals surface area contributed by atoms with Gasteiger partial charge in [-0.15, -0.1) is 0 Å². The van der Waals surface area contributed by atoms with Gasteiger partial charge in [-0.2, -0.15) is 3.89 Å². The fraction of sp³-hybridized carbons (Fsp3) is 0.359. The maximum Gasteiger partial charge on any atom is 0.159 e. The number of nitrogens with zero attached hydrogens (tertiary/aromatic N) is 4. The molecule has 4 saturated heterocycles.